The van der Waals surface area contributed by atoms with Gasteiger partial charge >= 0.3 is 0 Å². The molecule has 0 atom stereocenters. The summed E-state index contributed by atoms with van der Waals surface area (Å²) in [7, 11) is 0. The third kappa shape index (κ3) is 3.42. The minimum Gasteiger partial charge on any atom is -0.343 e. The van der Waals surface area contributed by atoms with Gasteiger partial charge in [-0.15, -0.1) is 0 Å². The molecule has 0 aliphatic carbocycles. The first-order chi connectivity index (χ1) is 9.61. The molecular formula is C14H12Cl2N2O2. The highest BCUT2D eigenvalue weighted by atomic mass is 35.5. The Balaban J connectivity index is 2.23. The monoisotopic (exact) mass is 310 g/mol. The Kier molecular flexibility index (Phi) is 4.84. The summed E-state index contributed by atoms with van der Waals surface area (Å²) in [5.41, 5.74) is 3.24. The van der Waals surface area contributed by atoms with Crippen molar-refractivity contribution in [3.8, 4) is 0 Å². The summed E-state index contributed by atoms with van der Waals surface area (Å²) in [6, 6.07) is 9.16. The highest BCUT2D eigenvalue weighted by Crippen LogP contribution is 2.26. The first-order valence-electron chi connectivity index (χ1n) is 5.82. The molecule has 6 heteroatoms. The molecule has 0 radical (unpaired) electrons. The molecule has 104 valence electrons. The minimum absolute atomic E-state index is 0.507. The fraction of sp³-hybridized carbons (Fsp3) is 0.0714. The topological polar surface area (TPSA) is 54.3 Å². The van der Waals surface area contributed by atoms with Gasteiger partial charge in [0, 0.05) is 24.5 Å². The number of amides is 1. The van der Waals surface area contributed by atoms with Crippen LogP contribution in [0.4, 0.5) is 0 Å². The Labute approximate surface area is 126 Å². The predicted octanol–water partition coefficient (Wildman–Crippen LogP) is 3.36. The van der Waals surface area contributed by atoms with Crippen LogP contribution in [0.1, 0.15) is 11.3 Å². The Hall–Kier alpha value is -1.75. The fourth-order valence-corrected chi connectivity index (χ4v) is 2.15. The molecule has 4 nitrogen and oxygen atoms in total. The number of aromatic nitrogens is 1. The second-order valence-electron chi connectivity index (χ2n) is 4.08. The van der Waals surface area contributed by atoms with E-state index in [1.54, 1.807) is 12.1 Å². The van der Waals surface area contributed by atoms with Gasteiger partial charge in [-0.05, 0) is 29.8 Å². The van der Waals surface area contributed by atoms with E-state index in [1.807, 2.05) is 35.0 Å². The Morgan fingerprint density at radius 1 is 1.30 bits per heavy atom. The summed E-state index contributed by atoms with van der Waals surface area (Å²) >= 11 is 12.1. The van der Waals surface area contributed by atoms with Gasteiger partial charge in [-0.2, -0.15) is 0 Å². The summed E-state index contributed by atoms with van der Waals surface area (Å²) < 4.78 is 1.92. The Morgan fingerprint density at radius 2 is 2.10 bits per heavy atom. The van der Waals surface area contributed by atoms with E-state index >= 15 is 0 Å². The van der Waals surface area contributed by atoms with Crippen LogP contribution < -0.4 is 5.48 Å². The molecule has 0 unspecified atom stereocenters. The van der Waals surface area contributed by atoms with E-state index in [1.165, 1.54) is 11.6 Å². The van der Waals surface area contributed by atoms with Crippen LogP contribution in [0.2, 0.25) is 10.0 Å². The van der Waals surface area contributed by atoms with Crippen LogP contribution in [-0.4, -0.2) is 15.7 Å². The van der Waals surface area contributed by atoms with Crippen molar-refractivity contribution >= 4 is 35.2 Å². The van der Waals surface area contributed by atoms with Crippen molar-refractivity contribution in [3.05, 3.63) is 63.9 Å². The zero-order valence-corrected chi connectivity index (χ0v) is 11.9. The van der Waals surface area contributed by atoms with Crippen LogP contribution in [-0.2, 0) is 11.3 Å². The normalized spacial score (nSPS) is 10.9. The first kappa shape index (κ1) is 14.7. The van der Waals surface area contributed by atoms with Gasteiger partial charge in [0.05, 0.1) is 10.0 Å². The van der Waals surface area contributed by atoms with Crippen molar-refractivity contribution in [1.29, 1.82) is 0 Å². The molecule has 1 amide bonds. The van der Waals surface area contributed by atoms with Crippen molar-refractivity contribution in [2.75, 3.05) is 0 Å². The van der Waals surface area contributed by atoms with Crippen molar-refractivity contribution in [2.45, 2.75) is 6.54 Å². The summed E-state index contributed by atoms with van der Waals surface area (Å²) in [4.78, 5) is 11.0. The lowest BCUT2D eigenvalue weighted by atomic mass is 10.2. The summed E-state index contributed by atoms with van der Waals surface area (Å²) in [5, 5.41) is 9.47. The number of rotatable bonds is 4. The van der Waals surface area contributed by atoms with Gasteiger partial charge in [-0.25, -0.2) is 5.48 Å². The van der Waals surface area contributed by atoms with E-state index < -0.39 is 5.91 Å². The number of hydroxylamine groups is 1. The fourth-order valence-electron chi connectivity index (χ4n) is 1.78. The zero-order valence-electron chi connectivity index (χ0n) is 10.4. The lowest BCUT2D eigenvalue weighted by Gasteiger charge is -2.09. The molecule has 0 aliphatic rings. The predicted molar refractivity (Wildman–Crippen MR) is 79.0 cm³/mol. The minimum atomic E-state index is -0.585. The quantitative estimate of drug-likeness (QED) is 0.517. The number of hydrogen-bond acceptors (Lipinski definition) is 2. The molecule has 0 bridgehead atoms. The van der Waals surface area contributed by atoms with E-state index in [0.29, 0.717) is 16.6 Å². The maximum Gasteiger partial charge on any atom is 0.267 e. The summed E-state index contributed by atoms with van der Waals surface area (Å²) in [6.07, 6.45) is 4.71. The van der Waals surface area contributed by atoms with E-state index in [-0.39, 0.29) is 0 Å². The molecule has 0 spiro atoms. The van der Waals surface area contributed by atoms with Crippen LogP contribution in [0.25, 0.3) is 6.08 Å². The molecule has 0 aliphatic heterocycles. The molecule has 2 rings (SSSR count). The van der Waals surface area contributed by atoms with Crippen LogP contribution >= 0.6 is 23.2 Å². The van der Waals surface area contributed by atoms with E-state index in [0.717, 1.165) is 11.3 Å². The largest absolute Gasteiger partial charge is 0.343 e. The third-order valence-corrected chi connectivity index (χ3v) is 3.61. The van der Waals surface area contributed by atoms with Crippen LogP contribution in [0, 0.1) is 0 Å². The Morgan fingerprint density at radius 3 is 2.85 bits per heavy atom. The van der Waals surface area contributed by atoms with Crippen LogP contribution in [0.5, 0.6) is 0 Å². The van der Waals surface area contributed by atoms with Gasteiger partial charge in [-0.3, -0.25) is 10.0 Å². The molecule has 0 saturated carbocycles. The lowest BCUT2D eigenvalue weighted by Crippen LogP contribution is -2.15. The van der Waals surface area contributed by atoms with Gasteiger partial charge in [0.25, 0.3) is 5.91 Å². The van der Waals surface area contributed by atoms with Gasteiger partial charge in [0.2, 0.25) is 0 Å². The van der Waals surface area contributed by atoms with Crippen molar-refractivity contribution < 1.29 is 10.0 Å². The number of carbonyl (C=O) groups is 1. The molecule has 0 fully saturated rings. The van der Waals surface area contributed by atoms with Gasteiger partial charge in [0.15, 0.2) is 0 Å². The molecule has 2 aromatic rings. The third-order valence-electron chi connectivity index (χ3n) is 2.75. The smallest absolute Gasteiger partial charge is 0.267 e. The number of benzene rings is 1. The summed E-state index contributed by atoms with van der Waals surface area (Å²) in [5.74, 6) is -0.585. The average molecular weight is 311 g/mol. The van der Waals surface area contributed by atoms with Crippen LogP contribution in [0.3, 0.4) is 0 Å². The highest BCUT2D eigenvalue weighted by molar-refractivity contribution is 6.42. The molecule has 1 aromatic heterocycles. The number of halogens is 2. The SMILES string of the molecule is O=C(/C=C/c1cccn1Cc1cccc(Cl)c1Cl)NO. The first-order valence-corrected chi connectivity index (χ1v) is 6.57. The standard InChI is InChI=1S/C14H12Cl2N2O2/c15-12-5-1-3-10(14(12)16)9-18-8-2-4-11(18)6-7-13(19)17-20/h1-8,20H,9H2,(H,17,19)/b7-6+. The molecule has 2 N–H and O–H groups in total. The van der Waals surface area contributed by atoms with Crippen molar-refractivity contribution in [1.82, 2.24) is 10.0 Å². The van der Waals surface area contributed by atoms with Gasteiger partial charge in [0.1, 0.15) is 0 Å². The Bertz CT molecular complexity index is 650. The lowest BCUT2D eigenvalue weighted by molar-refractivity contribution is -0.124. The zero-order chi connectivity index (χ0) is 14.5. The van der Waals surface area contributed by atoms with Gasteiger partial charge < -0.3 is 4.57 Å². The molecule has 20 heavy (non-hydrogen) atoms. The molecule has 1 aromatic carbocycles. The van der Waals surface area contributed by atoms with E-state index in [4.69, 9.17) is 28.4 Å². The summed E-state index contributed by atoms with van der Waals surface area (Å²) in [6.45, 7) is 0.535. The van der Waals surface area contributed by atoms with Crippen molar-refractivity contribution in [3.63, 3.8) is 0 Å². The van der Waals surface area contributed by atoms with Crippen molar-refractivity contribution in [2.24, 2.45) is 0 Å². The molecule has 1 heterocycles. The van der Waals surface area contributed by atoms with Gasteiger partial charge in [-0.1, -0.05) is 35.3 Å². The maximum atomic E-state index is 11.0. The molecular weight excluding hydrogens is 299 g/mol. The number of nitrogens with zero attached hydrogens (tertiary/aromatic N) is 1. The number of hydrogen-bond donors (Lipinski definition) is 2. The molecule has 0 saturated heterocycles. The number of carbonyl (C=O) groups excluding carboxylic acids is 1. The highest BCUT2D eigenvalue weighted by Gasteiger charge is 2.06. The van der Waals surface area contributed by atoms with E-state index in [2.05, 4.69) is 0 Å². The second kappa shape index (κ2) is 6.61. The van der Waals surface area contributed by atoms with Crippen LogP contribution in [0.15, 0.2) is 42.6 Å². The number of nitrogens with one attached hydrogen (secondary N) is 1. The second-order valence-corrected chi connectivity index (χ2v) is 4.87. The maximum absolute atomic E-state index is 11.0. The average Bonchev–Trinajstić information content (AvgIpc) is 2.88. The van der Waals surface area contributed by atoms with E-state index in [9.17, 15) is 4.79 Å².